The van der Waals surface area contributed by atoms with E-state index in [9.17, 15) is 19.5 Å². The SMILES string of the molecule is C#CCOCCOCCOCCNc1nc(N2CCN(C(=O)[C@@H](Cc3cc4ccccc4[nH]3)n3cc(C(N)[C@H](C)CC)nn3)CC2)nc(N2CCN(C(=O)[C@H](CCC(=O)O)n3cc(C(N)CC(C)C)nn3)CC2)n1. The van der Waals surface area contributed by atoms with Crippen molar-refractivity contribution >= 4 is 46.5 Å². The molecule has 0 aliphatic carbocycles. The fraction of sp³-hybridized carbons (Fsp3) is 0.600. The molecule has 0 saturated carbocycles. The summed E-state index contributed by atoms with van der Waals surface area (Å²) in [6.07, 6.45) is 10.4. The number of carbonyl (C=O) groups is 3. The number of fused-ring (bicyclic) bond motifs is 1. The summed E-state index contributed by atoms with van der Waals surface area (Å²) >= 11 is 0. The van der Waals surface area contributed by atoms with E-state index >= 15 is 0 Å². The third kappa shape index (κ3) is 14.9. The number of aliphatic carboxylic acids is 1. The average Bonchev–Trinajstić information content (AvgIpc) is 4.20. The number of aromatic nitrogens is 10. The van der Waals surface area contributed by atoms with E-state index in [1.54, 1.807) is 15.8 Å². The molecule has 24 nitrogen and oxygen atoms in total. The van der Waals surface area contributed by atoms with E-state index in [4.69, 9.17) is 47.1 Å². The van der Waals surface area contributed by atoms with Crippen molar-refractivity contribution in [3.8, 4) is 12.3 Å². The number of hydrogen-bond acceptors (Lipinski definition) is 18. The number of carbonyl (C=O) groups excluding carboxylic acids is 2. The van der Waals surface area contributed by atoms with Gasteiger partial charge in [0.2, 0.25) is 29.7 Å². The first-order valence-electron chi connectivity index (χ1n) is 25.7. The maximum atomic E-state index is 14.7. The standard InChI is InChI=1S/C50H73N17O7/c1-6-23-72-25-27-74-28-26-73-24-14-53-48-55-49(64-19-15-62(16-20-64)46(70)42(12-13-44(68)69)66-32-40(58-60-66)38(51)29-34(3)4)57-50(56-48)65-21-17-63(18-22-65)47(71)43(31-37-30-36-10-8-9-11-39(36)54-37)67-33-41(59-61-67)45(52)35(5)7-2/h1,8-11,30,32-35,38,42-43,45,54H,7,12-29,31,51-52H2,2-5H3,(H,68,69)(H,53,55,56,57)/t35-,38?,42+,43-,45?/m1/s1. The van der Waals surface area contributed by atoms with E-state index in [0.717, 1.165) is 23.0 Å². The summed E-state index contributed by atoms with van der Waals surface area (Å²) in [5.41, 5.74) is 16.0. The quantitative estimate of drug-likeness (QED) is 0.0355. The summed E-state index contributed by atoms with van der Waals surface area (Å²) in [5, 5.41) is 31.3. The Kier molecular flexibility index (Phi) is 20.0. The van der Waals surface area contributed by atoms with Crippen LogP contribution in [0.1, 0.15) is 94.6 Å². The molecule has 1 aromatic carbocycles. The van der Waals surface area contributed by atoms with Crippen molar-refractivity contribution in [1.29, 1.82) is 0 Å². The fourth-order valence-electron chi connectivity index (χ4n) is 8.95. The van der Waals surface area contributed by atoms with Gasteiger partial charge in [-0.05, 0) is 42.2 Å². The van der Waals surface area contributed by atoms with Gasteiger partial charge in [-0.1, -0.05) is 68.7 Å². The van der Waals surface area contributed by atoms with Crippen molar-refractivity contribution < 1.29 is 33.7 Å². The maximum absolute atomic E-state index is 14.7. The molecule has 0 radical (unpaired) electrons. The molecule has 5 atom stereocenters. The van der Waals surface area contributed by atoms with E-state index in [-0.39, 0.29) is 49.3 Å². The number of rotatable bonds is 28. The molecular formula is C50H73N17O7. The second-order valence-electron chi connectivity index (χ2n) is 19.2. The monoisotopic (exact) mass is 1020 g/mol. The molecule has 2 saturated heterocycles. The van der Waals surface area contributed by atoms with Crippen molar-refractivity contribution in [2.24, 2.45) is 23.3 Å². The summed E-state index contributed by atoms with van der Waals surface area (Å²) in [6, 6.07) is 7.85. The van der Waals surface area contributed by atoms with Crippen LogP contribution in [0.2, 0.25) is 0 Å². The van der Waals surface area contributed by atoms with Crippen molar-refractivity contribution in [2.75, 3.05) is 114 Å². The van der Waals surface area contributed by atoms with Crippen molar-refractivity contribution in [3.05, 3.63) is 59.8 Å². The molecule has 0 spiro atoms. The lowest BCUT2D eigenvalue weighted by Crippen LogP contribution is -2.52. The Balaban J connectivity index is 1.04. The molecule has 24 heteroatoms. The number of anilines is 3. The average molecular weight is 1020 g/mol. The lowest BCUT2D eigenvalue weighted by Gasteiger charge is -2.38. The smallest absolute Gasteiger partial charge is 0.303 e. The maximum Gasteiger partial charge on any atom is 0.303 e. The minimum atomic E-state index is -1.01. The predicted molar refractivity (Wildman–Crippen MR) is 277 cm³/mol. The molecule has 2 aliphatic heterocycles. The van der Waals surface area contributed by atoms with Crippen LogP contribution in [0.3, 0.4) is 0 Å². The van der Waals surface area contributed by atoms with Gasteiger partial charge in [0.05, 0.1) is 68.9 Å². The first-order chi connectivity index (χ1) is 35.8. The lowest BCUT2D eigenvalue weighted by atomic mass is 9.98. The molecule has 2 unspecified atom stereocenters. The van der Waals surface area contributed by atoms with Crippen LogP contribution in [0.5, 0.6) is 0 Å². The number of piperazine rings is 2. The number of amides is 2. The number of carboxylic acids is 1. The Bertz CT molecular complexity index is 2580. The largest absolute Gasteiger partial charge is 0.481 e. The minimum Gasteiger partial charge on any atom is -0.481 e. The summed E-state index contributed by atoms with van der Waals surface area (Å²) in [4.78, 5) is 66.3. The number of nitrogens with zero attached hydrogens (tertiary/aromatic N) is 13. The van der Waals surface area contributed by atoms with Gasteiger partial charge in [-0.25, -0.2) is 9.36 Å². The van der Waals surface area contributed by atoms with E-state index in [1.807, 2.05) is 45.2 Å². The van der Waals surface area contributed by atoms with Crippen LogP contribution in [-0.4, -0.2) is 181 Å². The second-order valence-corrected chi connectivity index (χ2v) is 19.2. The van der Waals surface area contributed by atoms with E-state index in [0.29, 0.717) is 140 Å². The topological polar surface area (TPSA) is 292 Å². The molecule has 5 aromatic rings. The van der Waals surface area contributed by atoms with Gasteiger partial charge in [0.25, 0.3) is 0 Å². The molecule has 7 N–H and O–H groups in total. The normalized spacial score (nSPS) is 16.3. The van der Waals surface area contributed by atoms with Gasteiger partial charge in [-0.3, -0.25) is 14.4 Å². The number of aromatic amines is 1. The van der Waals surface area contributed by atoms with E-state index in [2.05, 4.69) is 70.6 Å². The van der Waals surface area contributed by atoms with Gasteiger partial charge in [0.1, 0.15) is 18.7 Å². The van der Waals surface area contributed by atoms with Gasteiger partial charge in [0, 0.05) is 83.0 Å². The number of hydrogen-bond donors (Lipinski definition) is 5. The third-order valence-corrected chi connectivity index (χ3v) is 13.4. The zero-order valence-electron chi connectivity index (χ0n) is 43.1. The van der Waals surface area contributed by atoms with Crippen LogP contribution in [-0.2, 0) is 35.0 Å². The molecule has 2 fully saturated rings. The highest BCUT2D eigenvalue weighted by atomic mass is 16.5. The lowest BCUT2D eigenvalue weighted by molar-refractivity contribution is -0.139. The number of para-hydroxylation sites is 1. The number of nitrogens with one attached hydrogen (secondary N) is 2. The molecule has 4 aromatic heterocycles. The van der Waals surface area contributed by atoms with Crippen molar-refractivity contribution in [2.45, 2.75) is 84.0 Å². The fourth-order valence-corrected chi connectivity index (χ4v) is 8.95. The van der Waals surface area contributed by atoms with Crippen molar-refractivity contribution in [3.63, 3.8) is 0 Å². The Morgan fingerprint density at radius 2 is 1.38 bits per heavy atom. The molecule has 2 aliphatic rings. The Morgan fingerprint density at radius 1 is 0.797 bits per heavy atom. The van der Waals surface area contributed by atoms with Crippen LogP contribution in [0.15, 0.2) is 42.7 Å². The Labute approximate surface area is 431 Å². The highest BCUT2D eigenvalue weighted by Gasteiger charge is 2.34. The van der Waals surface area contributed by atoms with E-state index < -0.39 is 18.1 Å². The number of nitrogens with two attached hydrogens (primary N) is 2. The van der Waals surface area contributed by atoms with Gasteiger partial charge in [-0.15, -0.1) is 16.6 Å². The number of carboxylic acid groups (broad SMARTS) is 1. The number of benzene rings is 1. The highest BCUT2D eigenvalue weighted by molar-refractivity contribution is 5.83. The summed E-state index contributed by atoms with van der Waals surface area (Å²) in [6.45, 7) is 14.0. The van der Waals surface area contributed by atoms with Crippen LogP contribution in [0.4, 0.5) is 17.8 Å². The second kappa shape index (κ2) is 27.0. The first-order valence-corrected chi connectivity index (χ1v) is 25.7. The van der Waals surface area contributed by atoms with Crippen LogP contribution < -0.4 is 26.6 Å². The molecule has 6 heterocycles. The van der Waals surface area contributed by atoms with Gasteiger partial charge in [0.15, 0.2) is 0 Å². The van der Waals surface area contributed by atoms with Gasteiger partial charge >= 0.3 is 5.97 Å². The van der Waals surface area contributed by atoms with Crippen molar-refractivity contribution in [1.82, 2.24) is 59.7 Å². The number of terminal acetylenes is 1. The predicted octanol–water partition coefficient (Wildman–Crippen LogP) is 2.61. The van der Waals surface area contributed by atoms with Crippen LogP contribution >= 0.6 is 0 Å². The Hall–Kier alpha value is -6.78. The molecule has 7 rings (SSSR count). The Morgan fingerprint density at radius 3 is 1.99 bits per heavy atom. The zero-order chi connectivity index (χ0) is 52.6. The molecule has 0 bridgehead atoms. The molecule has 400 valence electrons. The summed E-state index contributed by atoms with van der Waals surface area (Å²) in [7, 11) is 0. The zero-order valence-corrected chi connectivity index (χ0v) is 43.1. The van der Waals surface area contributed by atoms with E-state index in [1.165, 1.54) is 4.68 Å². The summed E-state index contributed by atoms with van der Waals surface area (Å²) in [5.74, 6) is 2.77. The molecule has 2 amide bonds. The number of H-pyrrole nitrogens is 1. The third-order valence-electron chi connectivity index (χ3n) is 13.4. The minimum absolute atomic E-state index is 0.0411. The molecular weight excluding hydrogens is 951 g/mol. The van der Waals surface area contributed by atoms with Crippen LogP contribution in [0.25, 0.3) is 10.9 Å². The summed E-state index contributed by atoms with van der Waals surface area (Å²) < 4.78 is 19.7. The van der Waals surface area contributed by atoms with Crippen LogP contribution in [0, 0.1) is 24.2 Å². The highest BCUT2D eigenvalue weighted by Crippen LogP contribution is 2.27. The first kappa shape index (κ1) is 55.0. The van der Waals surface area contributed by atoms with Gasteiger partial charge in [-0.2, -0.15) is 15.0 Å². The molecule has 74 heavy (non-hydrogen) atoms. The number of ether oxygens (including phenoxy) is 3. The van der Waals surface area contributed by atoms with Gasteiger partial charge < -0.3 is 60.7 Å².